The molecule has 8 nitrogen and oxygen atoms in total. The number of phenolic OH excluding ortho intramolecular Hbond substituents is 3. The lowest BCUT2D eigenvalue weighted by Crippen LogP contribution is -2.30. The second-order valence-corrected chi connectivity index (χ2v) is 15.2. The normalized spacial score (nSPS) is 15.0. The van der Waals surface area contributed by atoms with Crippen LogP contribution in [-0.4, -0.2) is 50.5 Å². The standard InChI is InChI=1S/C48H51NO7/c1-55-48-42(28-35-11-7-10-33-9-5-6-16-40(33)35)36(18-20-44(48)52)26-37(23-32-21-22-49-30-32)45(53)29-46(54)41(34-12-8-13-38(50)27-34)24-31-17-19-43(51)47(25-31)56-39-14-3-2-4-15-39/h5-13,16-22,25,27,30,37,39,41,45,49-53H,2-4,14-15,23-24,26,28-29H2,1H3. The van der Waals surface area contributed by atoms with Crippen molar-refractivity contribution in [3.8, 4) is 28.7 Å². The molecule has 290 valence electrons. The first kappa shape index (κ1) is 38.5. The number of aromatic nitrogens is 1. The molecule has 0 amide bonds. The van der Waals surface area contributed by atoms with E-state index in [0.717, 1.165) is 64.3 Å². The Labute approximate surface area is 328 Å². The van der Waals surface area contributed by atoms with E-state index >= 15 is 0 Å². The lowest BCUT2D eigenvalue weighted by atomic mass is 9.80. The average Bonchev–Trinajstić information content (AvgIpc) is 3.72. The van der Waals surface area contributed by atoms with E-state index in [9.17, 15) is 25.2 Å². The van der Waals surface area contributed by atoms with Gasteiger partial charge in [-0.2, -0.15) is 0 Å². The lowest BCUT2D eigenvalue weighted by Gasteiger charge is -2.27. The number of nitrogens with one attached hydrogen (secondary N) is 1. The molecule has 1 aliphatic rings. The van der Waals surface area contributed by atoms with Gasteiger partial charge in [-0.05, 0) is 126 Å². The molecule has 3 unspecified atom stereocenters. The number of ketones is 1. The summed E-state index contributed by atoms with van der Waals surface area (Å²) in [4.78, 5) is 17.6. The van der Waals surface area contributed by atoms with Crippen LogP contribution < -0.4 is 9.47 Å². The number of carbonyl (C=O) groups is 1. The molecule has 56 heavy (non-hydrogen) atoms. The Balaban J connectivity index is 1.17. The summed E-state index contributed by atoms with van der Waals surface area (Å²) in [5.41, 5.74) is 5.29. The number of fused-ring (bicyclic) bond motifs is 1. The predicted molar refractivity (Wildman–Crippen MR) is 219 cm³/mol. The number of carbonyl (C=O) groups excluding carboxylic acids is 1. The number of phenols is 3. The maximum Gasteiger partial charge on any atom is 0.164 e. The predicted octanol–water partition coefficient (Wildman–Crippen LogP) is 9.34. The number of H-pyrrole nitrogens is 1. The number of aliphatic hydroxyl groups is 1. The van der Waals surface area contributed by atoms with Crippen LogP contribution in [0.2, 0.25) is 0 Å². The molecule has 5 aromatic carbocycles. The SMILES string of the molecule is COc1c(O)ccc(CC(Cc2cc[nH]c2)C(O)CC(=O)C(Cc2ccc(O)c(OC3CCCCC3)c2)c2cccc(O)c2)c1Cc1cccc2ccccc12. The lowest BCUT2D eigenvalue weighted by molar-refractivity contribution is -0.123. The van der Waals surface area contributed by atoms with Gasteiger partial charge in [-0.3, -0.25) is 4.79 Å². The maximum atomic E-state index is 14.5. The first-order valence-electron chi connectivity index (χ1n) is 19.7. The molecule has 0 aliphatic heterocycles. The number of aromatic amines is 1. The number of hydrogen-bond donors (Lipinski definition) is 5. The van der Waals surface area contributed by atoms with Gasteiger partial charge in [0.25, 0.3) is 0 Å². The highest BCUT2D eigenvalue weighted by Gasteiger charge is 2.30. The molecule has 1 heterocycles. The van der Waals surface area contributed by atoms with Crippen LogP contribution in [-0.2, 0) is 30.5 Å². The fraction of sp³-hybridized carbons (Fsp3) is 0.312. The fourth-order valence-electron chi connectivity index (χ4n) is 8.37. The molecule has 1 aromatic heterocycles. The Morgan fingerprint density at radius 1 is 0.786 bits per heavy atom. The highest BCUT2D eigenvalue weighted by molar-refractivity contribution is 5.87. The summed E-state index contributed by atoms with van der Waals surface area (Å²) < 4.78 is 12.0. The number of hydrogen-bond acceptors (Lipinski definition) is 7. The molecule has 1 fully saturated rings. The average molecular weight is 754 g/mol. The number of aliphatic hydroxyl groups excluding tert-OH is 1. The Bertz CT molecular complexity index is 2240. The van der Waals surface area contributed by atoms with Crippen molar-refractivity contribution in [3.05, 3.63) is 149 Å². The molecule has 7 rings (SSSR count). The quantitative estimate of drug-likeness (QED) is 0.0666. The number of Topliss-reactive ketones (excluding diaryl/α,β-unsaturated/α-hetero) is 1. The Morgan fingerprint density at radius 3 is 2.36 bits per heavy atom. The van der Waals surface area contributed by atoms with Crippen molar-refractivity contribution in [2.45, 2.75) is 82.3 Å². The van der Waals surface area contributed by atoms with Crippen LogP contribution in [0.1, 0.15) is 77.8 Å². The minimum atomic E-state index is -1.02. The van der Waals surface area contributed by atoms with Gasteiger partial charge in [0.1, 0.15) is 11.5 Å². The van der Waals surface area contributed by atoms with E-state index in [1.807, 2.05) is 54.9 Å². The molecular weight excluding hydrogens is 703 g/mol. The fourth-order valence-corrected chi connectivity index (χ4v) is 8.37. The molecule has 1 saturated carbocycles. The van der Waals surface area contributed by atoms with Crippen LogP contribution in [0.15, 0.2) is 116 Å². The maximum absolute atomic E-state index is 14.5. The first-order chi connectivity index (χ1) is 27.2. The van der Waals surface area contributed by atoms with Crippen molar-refractivity contribution < 1.29 is 34.7 Å². The molecular formula is C48H51NO7. The van der Waals surface area contributed by atoms with Crippen molar-refractivity contribution in [2.24, 2.45) is 5.92 Å². The molecule has 0 radical (unpaired) electrons. The van der Waals surface area contributed by atoms with Gasteiger partial charge in [0, 0.05) is 36.7 Å². The summed E-state index contributed by atoms with van der Waals surface area (Å²) in [7, 11) is 1.55. The van der Waals surface area contributed by atoms with Gasteiger partial charge in [-0.25, -0.2) is 0 Å². The van der Waals surface area contributed by atoms with E-state index in [1.165, 1.54) is 6.42 Å². The zero-order valence-electron chi connectivity index (χ0n) is 31.9. The van der Waals surface area contributed by atoms with Gasteiger partial charge in [0.15, 0.2) is 23.0 Å². The highest BCUT2D eigenvalue weighted by Crippen LogP contribution is 2.38. The van der Waals surface area contributed by atoms with E-state index in [0.29, 0.717) is 42.7 Å². The highest BCUT2D eigenvalue weighted by atomic mass is 16.5. The number of aromatic hydroxyl groups is 3. The molecule has 0 saturated heterocycles. The van der Waals surface area contributed by atoms with Crippen LogP contribution in [0.25, 0.3) is 10.8 Å². The molecule has 6 aromatic rings. The summed E-state index contributed by atoms with van der Waals surface area (Å²) in [6.45, 7) is 0. The van der Waals surface area contributed by atoms with Crippen LogP contribution >= 0.6 is 0 Å². The third-order valence-electron chi connectivity index (χ3n) is 11.4. The summed E-state index contributed by atoms with van der Waals surface area (Å²) in [5.74, 6) is -0.245. The second kappa shape index (κ2) is 17.8. The Kier molecular flexibility index (Phi) is 12.3. The molecule has 1 aliphatic carbocycles. The third kappa shape index (κ3) is 9.20. The van der Waals surface area contributed by atoms with E-state index in [2.05, 4.69) is 29.2 Å². The molecule has 3 atom stereocenters. The van der Waals surface area contributed by atoms with Crippen molar-refractivity contribution >= 4 is 16.6 Å². The van der Waals surface area contributed by atoms with E-state index < -0.39 is 12.0 Å². The first-order valence-corrected chi connectivity index (χ1v) is 19.7. The number of ether oxygens (including phenoxy) is 2. The van der Waals surface area contributed by atoms with E-state index in [1.54, 1.807) is 43.5 Å². The third-order valence-corrected chi connectivity index (χ3v) is 11.4. The molecule has 0 spiro atoms. The topological polar surface area (TPSA) is 132 Å². The van der Waals surface area contributed by atoms with Gasteiger partial charge in [-0.15, -0.1) is 0 Å². The summed E-state index contributed by atoms with van der Waals surface area (Å²) >= 11 is 0. The number of rotatable bonds is 16. The van der Waals surface area contributed by atoms with Gasteiger partial charge >= 0.3 is 0 Å². The van der Waals surface area contributed by atoms with Gasteiger partial charge in [0.2, 0.25) is 0 Å². The van der Waals surface area contributed by atoms with Gasteiger partial charge in [-0.1, -0.05) is 73.2 Å². The number of methoxy groups -OCH3 is 1. The van der Waals surface area contributed by atoms with Crippen LogP contribution in [0, 0.1) is 5.92 Å². The minimum Gasteiger partial charge on any atom is -0.508 e. The Hall–Kier alpha value is -5.73. The van der Waals surface area contributed by atoms with Crippen LogP contribution in [0.5, 0.6) is 28.7 Å². The zero-order chi connectivity index (χ0) is 39.0. The van der Waals surface area contributed by atoms with E-state index in [4.69, 9.17) is 9.47 Å². The van der Waals surface area contributed by atoms with Crippen molar-refractivity contribution in [1.82, 2.24) is 4.98 Å². The van der Waals surface area contributed by atoms with Crippen LogP contribution in [0.3, 0.4) is 0 Å². The van der Waals surface area contributed by atoms with Crippen molar-refractivity contribution in [2.75, 3.05) is 7.11 Å². The van der Waals surface area contributed by atoms with Gasteiger partial charge < -0.3 is 34.9 Å². The molecule has 0 bridgehead atoms. The number of benzene rings is 5. The summed E-state index contributed by atoms with van der Waals surface area (Å²) in [6.07, 6.45) is 9.64. The zero-order valence-corrected chi connectivity index (χ0v) is 31.9. The van der Waals surface area contributed by atoms with E-state index in [-0.39, 0.29) is 41.5 Å². The van der Waals surface area contributed by atoms with Crippen LogP contribution in [0.4, 0.5) is 0 Å². The monoisotopic (exact) mass is 753 g/mol. The van der Waals surface area contributed by atoms with Gasteiger partial charge in [0.05, 0.1) is 19.3 Å². The molecule has 8 heteroatoms. The van der Waals surface area contributed by atoms with Crippen molar-refractivity contribution in [3.63, 3.8) is 0 Å². The second-order valence-electron chi connectivity index (χ2n) is 15.2. The minimum absolute atomic E-state index is 0.0416. The summed E-state index contributed by atoms with van der Waals surface area (Å²) in [6, 6.07) is 31.9. The summed E-state index contributed by atoms with van der Waals surface area (Å²) in [5, 5.41) is 46.4. The van der Waals surface area contributed by atoms with Crippen molar-refractivity contribution in [1.29, 1.82) is 0 Å². The largest absolute Gasteiger partial charge is 0.508 e. The Morgan fingerprint density at radius 2 is 1.57 bits per heavy atom. The smallest absolute Gasteiger partial charge is 0.164 e. The molecule has 5 N–H and O–H groups in total.